The molecular weight excluding hydrogens is 358 g/mol. The van der Waals surface area contributed by atoms with Gasteiger partial charge in [0.15, 0.2) is 0 Å². The molecule has 0 aliphatic carbocycles. The van der Waals surface area contributed by atoms with Gasteiger partial charge in [0, 0.05) is 16.8 Å². The van der Waals surface area contributed by atoms with E-state index in [1.807, 2.05) is 91.9 Å². The fourth-order valence-corrected chi connectivity index (χ4v) is 3.63. The van der Waals surface area contributed by atoms with Gasteiger partial charge in [-0.05, 0) is 53.6 Å². The van der Waals surface area contributed by atoms with Crippen LogP contribution in [0.25, 0.3) is 33.2 Å². The Balaban J connectivity index is 1.48. The number of H-pyrrole nitrogens is 1. The highest BCUT2D eigenvalue weighted by atomic mass is 16.1. The third-order valence-corrected chi connectivity index (χ3v) is 5.24. The summed E-state index contributed by atoms with van der Waals surface area (Å²) in [5.41, 5.74) is 5.27. The predicted molar refractivity (Wildman–Crippen MR) is 118 cm³/mol. The van der Waals surface area contributed by atoms with E-state index in [-0.39, 0.29) is 5.91 Å². The molecule has 0 aliphatic heterocycles. The molecule has 4 nitrogen and oxygen atoms in total. The number of carbonyl (C=O) groups excluding carboxylic acids is 1. The lowest BCUT2D eigenvalue weighted by Crippen LogP contribution is -2.13. The van der Waals surface area contributed by atoms with Crippen LogP contribution in [-0.2, 0) is 0 Å². The molecule has 0 fully saturated rings. The zero-order valence-corrected chi connectivity index (χ0v) is 15.9. The molecule has 5 rings (SSSR count). The number of nitrogens with one attached hydrogen (secondary N) is 2. The molecule has 0 aliphatic rings. The first-order chi connectivity index (χ1) is 14.2. The van der Waals surface area contributed by atoms with Gasteiger partial charge in [-0.3, -0.25) is 4.79 Å². The number of para-hydroxylation sites is 2. The lowest BCUT2D eigenvalue weighted by Gasteiger charge is -2.12. The lowest BCUT2D eigenvalue weighted by atomic mass is 10.0. The minimum Gasteiger partial charge on any atom is -0.338 e. The lowest BCUT2D eigenvalue weighted by molar-refractivity contribution is 0.102. The molecule has 0 saturated heterocycles. The largest absolute Gasteiger partial charge is 0.338 e. The van der Waals surface area contributed by atoms with Crippen molar-refractivity contribution in [3.63, 3.8) is 0 Å². The van der Waals surface area contributed by atoms with E-state index < -0.39 is 0 Å². The second-order valence-electron chi connectivity index (χ2n) is 7.10. The summed E-state index contributed by atoms with van der Waals surface area (Å²) in [5, 5.41) is 5.22. The van der Waals surface area contributed by atoms with Crippen molar-refractivity contribution in [1.29, 1.82) is 0 Å². The van der Waals surface area contributed by atoms with E-state index in [9.17, 15) is 4.79 Å². The average molecular weight is 377 g/mol. The maximum absolute atomic E-state index is 12.9. The zero-order valence-electron chi connectivity index (χ0n) is 15.9. The van der Waals surface area contributed by atoms with Gasteiger partial charge in [-0.15, -0.1) is 0 Å². The van der Waals surface area contributed by atoms with E-state index in [4.69, 9.17) is 0 Å². The average Bonchev–Trinajstić information content (AvgIpc) is 3.19. The third-order valence-electron chi connectivity index (χ3n) is 5.24. The van der Waals surface area contributed by atoms with Crippen LogP contribution in [0.2, 0.25) is 0 Å². The summed E-state index contributed by atoms with van der Waals surface area (Å²) in [4.78, 5) is 20.9. The number of imidazole rings is 1. The number of benzene rings is 4. The maximum Gasteiger partial charge on any atom is 0.255 e. The Morgan fingerprint density at radius 3 is 2.52 bits per heavy atom. The van der Waals surface area contributed by atoms with Gasteiger partial charge in [-0.1, -0.05) is 54.6 Å². The van der Waals surface area contributed by atoms with Gasteiger partial charge in [0.05, 0.1) is 11.0 Å². The van der Waals surface area contributed by atoms with Gasteiger partial charge >= 0.3 is 0 Å². The summed E-state index contributed by atoms with van der Waals surface area (Å²) in [6, 6.07) is 27.6. The van der Waals surface area contributed by atoms with E-state index in [2.05, 4.69) is 15.3 Å². The quantitative estimate of drug-likeness (QED) is 0.408. The van der Waals surface area contributed by atoms with Gasteiger partial charge in [0.1, 0.15) is 5.82 Å². The van der Waals surface area contributed by atoms with Crippen molar-refractivity contribution in [2.75, 3.05) is 5.32 Å². The molecule has 0 bridgehead atoms. The first kappa shape index (κ1) is 17.2. The Kier molecular flexibility index (Phi) is 4.10. The Morgan fingerprint density at radius 1 is 0.862 bits per heavy atom. The van der Waals surface area contributed by atoms with Crippen LogP contribution < -0.4 is 5.32 Å². The molecule has 0 atom stereocenters. The number of rotatable bonds is 3. The maximum atomic E-state index is 12.9. The smallest absolute Gasteiger partial charge is 0.255 e. The Hall–Kier alpha value is -3.92. The molecule has 140 valence electrons. The number of anilines is 1. The number of amides is 1. The molecule has 0 radical (unpaired) electrons. The van der Waals surface area contributed by atoms with Crippen molar-refractivity contribution in [1.82, 2.24) is 9.97 Å². The minimum atomic E-state index is -0.124. The van der Waals surface area contributed by atoms with Crippen LogP contribution in [0.4, 0.5) is 5.69 Å². The van der Waals surface area contributed by atoms with Crippen LogP contribution in [-0.4, -0.2) is 15.9 Å². The van der Waals surface area contributed by atoms with Gasteiger partial charge < -0.3 is 10.3 Å². The highest BCUT2D eigenvalue weighted by Gasteiger charge is 2.13. The molecule has 5 aromatic rings. The molecule has 0 unspecified atom stereocenters. The molecule has 1 aromatic heterocycles. The molecule has 4 heteroatoms. The summed E-state index contributed by atoms with van der Waals surface area (Å²) in [6.07, 6.45) is 0. The summed E-state index contributed by atoms with van der Waals surface area (Å²) in [5.74, 6) is 0.672. The summed E-state index contributed by atoms with van der Waals surface area (Å²) >= 11 is 0. The van der Waals surface area contributed by atoms with Crippen LogP contribution in [0, 0.1) is 6.92 Å². The number of aromatic amines is 1. The first-order valence-corrected chi connectivity index (χ1v) is 9.54. The molecule has 2 N–H and O–H groups in total. The van der Waals surface area contributed by atoms with Crippen LogP contribution in [0.15, 0.2) is 84.9 Å². The number of nitrogens with zero attached hydrogens (tertiary/aromatic N) is 1. The molecule has 1 heterocycles. The SMILES string of the molecule is Cc1c(NC(=O)c2ccc3ccccc3c2)cccc1-c1nc2ccccc2[nH]1. The van der Waals surface area contributed by atoms with Gasteiger partial charge in [-0.2, -0.15) is 0 Å². The molecular formula is C25H19N3O. The van der Waals surface area contributed by atoms with Crippen LogP contribution >= 0.6 is 0 Å². The van der Waals surface area contributed by atoms with Crippen LogP contribution in [0.5, 0.6) is 0 Å². The van der Waals surface area contributed by atoms with E-state index in [1.165, 1.54) is 0 Å². The third kappa shape index (κ3) is 3.15. The van der Waals surface area contributed by atoms with Crippen molar-refractivity contribution in [3.05, 3.63) is 96.1 Å². The van der Waals surface area contributed by atoms with E-state index in [0.29, 0.717) is 5.56 Å². The second kappa shape index (κ2) is 6.91. The second-order valence-corrected chi connectivity index (χ2v) is 7.10. The fraction of sp³-hybridized carbons (Fsp3) is 0.0400. The van der Waals surface area contributed by atoms with Crippen molar-refractivity contribution < 1.29 is 4.79 Å². The summed E-state index contributed by atoms with van der Waals surface area (Å²) < 4.78 is 0. The van der Waals surface area contributed by atoms with E-state index >= 15 is 0 Å². The Bertz CT molecular complexity index is 1330. The summed E-state index contributed by atoms with van der Waals surface area (Å²) in [7, 11) is 0. The zero-order chi connectivity index (χ0) is 19.8. The number of hydrogen-bond acceptors (Lipinski definition) is 2. The van der Waals surface area contributed by atoms with Crippen molar-refractivity contribution in [2.45, 2.75) is 6.92 Å². The van der Waals surface area contributed by atoms with Crippen molar-refractivity contribution in [2.24, 2.45) is 0 Å². The highest BCUT2D eigenvalue weighted by molar-refractivity contribution is 6.07. The fourth-order valence-electron chi connectivity index (χ4n) is 3.63. The predicted octanol–water partition coefficient (Wildman–Crippen LogP) is 5.94. The van der Waals surface area contributed by atoms with Gasteiger partial charge in [-0.25, -0.2) is 4.98 Å². The first-order valence-electron chi connectivity index (χ1n) is 9.54. The molecule has 4 aromatic carbocycles. The Labute approximate surface area is 168 Å². The van der Waals surface area contributed by atoms with Gasteiger partial charge in [0.25, 0.3) is 5.91 Å². The molecule has 0 saturated carbocycles. The van der Waals surface area contributed by atoms with Crippen molar-refractivity contribution in [3.8, 4) is 11.4 Å². The molecule has 29 heavy (non-hydrogen) atoms. The Morgan fingerprint density at radius 2 is 1.66 bits per heavy atom. The standard InChI is InChI=1S/C25H19N3O/c1-16-20(24-26-22-10-4-5-11-23(22)27-24)9-6-12-21(16)28-25(29)19-14-13-17-7-2-3-8-18(17)15-19/h2-15H,1H3,(H,26,27)(H,28,29). The van der Waals surface area contributed by atoms with Crippen molar-refractivity contribution >= 4 is 33.4 Å². The number of aromatic nitrogens is 2. The topological polar surface area (TPSA) is 57.8 Å². The van der Waals surface area contributed by atoms with Crippen LogP contribution in [0.3, 0.4) is 0 Å². The van der Waals surface area contributed by atoms with E-state index in [0.717, 1.165) is 44.4 Å². The number of carbonyl (C=O) groups is 1. The summed E-state index contributed by atoms with van der Waals surface area (Å²) in [6.45, 7) is 2.00. The highest BCUT2D eigenvalue weighted by Crippen LogP contribution is 2.28. The minimum absolute atomic E-state index is 0.124. The molecule has 0 spiro atoms. The number of fused-ring (bicyclic) bond motifs is 2. The number of hydrogen-bond donors (Lipinski definition) is 2. The monoisotopic (exact) mass is 377 g/mol. The van der Waals surface area contributed by atoms with Gasteiger partial charge in [0.2, 0.25) is 0 Å². The van der Waals surface area contributed by atoms with E-state index in [1.54, 1.807) is 0 Å². The molecule has 1 amide bonds. The van der Waals surface area contributed by atoms with Crippen LogP contribution in [0.1, 0.15) is 15.9 Å². The normalized spacial score (nSPS) is 11.1.